The number of nitrogens with two attached hydrogens (primary N) is 1. The van der Waals surface area contributed by atoms with E-state index in [9.17, 15) is 9.90 Å². The van der Waals surface area contributed by atoms with Crippen molar-refractivity contribution in [1.82, 2.24) is 10.3 Å². The summed E-state index contributed by atoms with van der Waals surface area (Å²) >= 11 is 5.76. The van der Waals surface area contributed by atoms with Gasteiger partial charge in [-0.25, -0.2) is 4.98 Å². The quantitative estimate of drug-likeness (QED) is 0.745. The summed E-state index contributed by atoms with van der Waals surface area (Å²) in [6, 6.07) is 1.43. The molecular formula is C14H20ClN3O2. The molecule has 1 heterocycles. The minimum absolute atomic E-state index is 0.217. The van der Waals surface area contributed by atoms with Gasteiger partial charge in [0.05, 0.1) is 23.0 Å². The molecule has 1 aliphatic carbocycles. The minimum atomic E-state index is -0.821. The summed E-state index contributed by atoms with van der Waals surface area (Å²) in [6.07, 6.45) is 4.89. The van der Waals surface area contributed by atoms with E-state index in [4.69, 9.17) is 17.3 Å². The summed E-state index contributed by atoms with van der Waals surface area (Å²) in [7, 11) is 0. The number of aromatic nitrogens is 1. The molecule has 4 N–H and O–H groups in total. The standard InChI is InChI=1S/C14H20ClN3O2/c1-9-3-2-4-14(20,6-9)8-18-13(19)10-5-12(15)17-7-11(10)16/h5,7,9,20H,2-4,6,8,16H2,1H3,(H,18,19). The molecule has 5 nitrogen and oxygen atoms in total. The summed E-state index contributed by atoms with van der Waals surface area (Å²) < 4.78 is 0. The van der Waals surface area contributed by atoms with Crippen LogP contribution < -0.4 is 11.1 Å². The number of nitrogens with zero attached hydrogens (tertiary/aromatic N) is 1. The number of amides is 1. The summed E-state index contributed by atoms with van der Waals surface area (Å²) in [4.78, 5) is 15.9. The van der Waals surface area contributed by atoms with Crippen molar-refractivity contribution >= 4 is 23.2 Å². The van der Waals surface area contributed by atoms with Gasteiger partial charge in [0.15, 0.2) is 0 Å². The maximum atomic E-state index is 12.1. The molecule has 0 saturated heterocycles. The summed E-state index contributed by atoms with van der Waals surface area (Å²) in [5, 5.41) is 13.4. The lowest BCUT2D eigenvalue weighted by Gasteiger charge is -2.35. The first kappa shape index (κ1) is 15.1. The van der Waals surface area contributed by atoms with Crippen molar-refractivity contribution in [3.05, 3.63) is 23.0 Å². The zero-order chi connectivity index (χ0) is 14.8. The van der Waals surface area contributed by atoms with E-state index in [-0.39, 0.29) is 28.9 Å². The normalized spacial score (nSPS) is 26.2. The molecule has 2 rings (SSSR count). The zero-order valence-electron chi connectivity index (χ0n) is 11.5. The van der Waals surface area contributed by atoms with Gasteiger partial charge in [0.2, 0.25) is 0 Å². The Morgan fingerprint density at radius 1 is 1.70 bits per heavy atom. The number of hydrogen-bond donors (Lipinski definition) is 3. The van der Waals surface area contributed by atoms with Crippen LogP contribution in [0.2, 0.25) is 5.15 Å². The molecule has 1 aromatic rings. The van der Waals surface area contributed by atoms with Crippen LogP contribution >= 0.6 is 11.6 Å². The Morgan fingerprint density at radius 3 is 3.15 bits per heavy atom. The van der Waals surface area contributed by atoms with Gasteiger partial charge in [0.1, 0.15) is 5.15 Å². The monoisotopic (exact) mass is 297 g/mol. The second kappa shape index (κ2) is 5.97. The highest BCUT2D eigenvalue weighted by Crippen LogP contribution is 2.31. The van der Waals surface area contributed by atoms with Crippen molar-refractivity contribution in [1.29, 1.82) is 0 Å². The minimum Gasteiger partial charge on any atom is -0.397 e. The van der Waals surface area contributed by atoms with Gasteiger partial charge >= 0.3 is 0 Å². The zero-order valence-corrected chi connectivity index (χ0v) is 12.3. The predicted molar refractivity (Wildman–Crippen MR) is 78.6 cm³/mol. The molecule has 0 spiro atoms. The van der Waals surface area contributed by atoms with E-state index >= 15 is 0 Å². The van der Waals surface area contributed by atoms with Gasteiger partial charge in [-0.3, -0.25) is 4.79 Å². The number of carbonyl (C=O) groups is 1. The van der Waals surface area contributed by atoms with Crippen molar-refractivity contribution in [3.63, 3.8) is 0 Å². The maximum absolute atomic E-state index is 12.1. The van der Waals surface area contributed by atoms with Crippen LogP contribution in [0.15, 0.2) is 12.3 Å². The van der Waals surface area contributed by atoms with Gasteiger partial charge in [0, 0.05) is 6.54 Å². The van der Waals surface area contributed by atoms with Crippen molar-refractivity contribution in [3.8, 4) is 0 Å². The van der Waals surface area contributed by atoms with Crippen molar-refractivity contribution < 1.29 is 9.90 Å². The van der Waals surface area contributed by atoms with Crippen molar-refractivity contribution in [2.45, 2.75) is 38.2 Å². The Hall–Kier alpha value is -1.33. The van der Waals surface area contributed by atoms with Gasteiger partial charge < -0.3 is 16.2 Å². The number of anilines is 1. The van der Waals surface area contributed by atoms with Crippen LogP contribution in [-0.2, 0) is 0 Å². The van der Waals surface area contributed by atoms with E-state index in [2.05, 4.69) is 17.2 Å². The van der Waals surface area contributed by atoms with E-state index < -0.39 is 5.60 Å². The molecule has 2 unspecified atom stereocenters. The first-order chi connectivity index (χ1) is 9.39. The molecule has 0 aliphatic heterocycles. The van der Waals surface area contributed by atoms with Crippen LogP contribution in [-0.4, -0.2) is 28.1 Å². The van der Waals surface area contributed by atoms with E-state index in [0.717, 1.165) is 12.8 Å². The average molecular weight is 298 g/mol. The molecule has 1 aliphatic rings. The van der Waals surface area contributed by atoms with Crippen LogP contribution in [0.5, 0.6) is 0 Å². The predicted octanol–water partition coefficient (Wildman–Crippen LogP) is 1.99. The van der Waals surface area contributed by atoms with E-state index in [1.54, 1.807) is 0 Å². The molecule has 2 atom stereocenters. The number of rotatable bonds is 3. The third kappa shape index (κ3) is 3.61. The molecule has 1 fully saturated rings. The first-order valence-corrected chi connectivity index (χ1v) is 7.19. The molecule has 1 aromatic heterocycles. The number of halogens is 1. The van der Waals surface area contributed by atoms with Crippen LogP contribution in [0.4, 0.5) is 5.69 Å². The molecule has 0 aromatic carbocycles. The highest BCUT2D eigenvalue weighted by atomic mass is 35.5. The highest BCUT2D eigenvalue weighted by Gasteiger charge is 2.33. The Labute approximate surface area is 123 Å². The number of aliphatic hydroxyl groups is 1. The Morgan fingerprint density at radius 2 is 2.45 bits per heavy atom. The SMILES string of the molecule is CC1CCCC(O)(CNC(=O)c2cc(Cl)ncc2N)C1. The van der Waals surface area contributed by atoms with Gasteiger partial charge in [0.25, 0.3) is 5.91 Å². The van der Waals surface area contributed by atoms with E-state index in [0.29, 0.717) is 18.8 Å². The Kier molecular flexibility index (Phi) is 4.50. The van der Waals surface area contributed by atoms with E-state index in [1.807, 2.05) is 0 Å². The van der Waals surface area contributed by atoms with E-state index in [1.165, 1.54) is 12.3 Å². The van der Waals surface area contributed by atoms with Crippen molar-refractivity contribution in [2.24, 2.45) is 5.92 Å². The third-order valence-corrected chi connectivity index (χ3v) is 4.00. The van der Waals surface area contributed by atoms with Crippen LogP contribution in [0.25, 0.3) is 0 Å². The summed E-state index contributed by atoms with van der Waals surface area (Å²) in [5.74, 6) is 0.143. The van der Waals surface area contributed by atoms with Gasteiger partial charge in [-0.05, 0) is 24.8 Å². The highest BCUT2D eigenvalue weighted by molar-refractivity contribution is 6.29. The lowest BCUT2D eigenvalue weighted by atomic mass is 9.79. The largest absolute Gasteiger partial charge is 0.397 e. The number of hydrogen-bond acceptors (Lipinski definition) is 4. The summed E-state index contributed by atoms with van der Waals surface area (Å²) in [5.41, 5.74) is 5.45. The van der Waals surface area contributed by atoms with Gasteiger partial charge in [-0.1, -0.05) is 31.4 Å². The fourth-order valence-corrected chi connectivity index (χ4v) is 2.93. The van der Waals surface area contributed by atoms with Crippen LogP contribution in [0.1, 0.15) is 43.0 Å². The molecule has 20 heavy (non-hydrogen) atoms. The molecule has 0 radical (unpaired) electrons. The Bertz CT molecular complexity index is 509. The van der Waals surface area contributed by atoms with Crippen LogP contribution in [0.3, 0.4) is 0 Å². The molecule has 6 heteroatoms. The topological polar surface area (TPSA) is 88.2 Å². The second-order valence-electron chi connectivity index (χ2n) is 5.70. The molecule has 0 bridgehead atoms. The molecule has 1 saturated carbocycles. The van der Waals surface area contributed by atoms with Gasteiger partial charge in [-0.2, -0.15) is 0 Å². The third-order valence-electron chi connectivity index (χ3n) is 3.79. The van der Waals surface area contributed by atoms with Crippen LogP contribution in [0, 0.1) is 5.92 Å². The Balaban J connectivity index is 1.99. The summed E-state index contributed by atoms with van der Waals surface area (Å²) in [6.45, 7) is 2.35. The first-order valence-electron chi connectivity index (χ1n) is 6.81. The second-order valence-corrected chi connectivity index (χ2v) is 6.09. The number of nitrogens with one attached hydrogen (secondary N) is 1. The van der Waals surface area contributed by atoms with Gasteiger partial charge in [-0.15, -0.1) is 0 Å². The lowest BCUT2D eigenvalue weighted by Crippen LogP contribution is -2.45. The maximum Gasteiger partial charge on any atom is 0.253 e. The fraction of sp³-hybridized carbons (Fsp3) is 0.571. The lowest BCUT2D eigenvalue weighted by molar-refractivity contribution is -0.0109. The smallest absolute Gasteiger partial charge is 0.253 e. The van der Waals surface area contributed by atoms with Crippen molar-refractivity contribution in [2.75, 3.05) is 12.3 Å². The number of nitrogen functional groups attached to an aromatic ring is 1. The fourth-order valence-electron chi connectivity index (χ4n) is 2.77. The average Bonchev–Trinajstić information content (AvgIpc) is 2.39. The number of carbonyl (C=O) groups excluding carboxylic acids is 1. The number of pyridine rings is 1. The molecular weight excluding hydrogens is 278 g/mol. The molecule has 1 amide bonds. The molecule has 110 valence electrons.